The molecule has 0 bridgehead atoms. The second kappa shape index (κ2) is 6.98. The van der Waals surface area contributed by atoms with Crippen molar-refractivity contribution in [1.29, 1.82) is 0 Å². The van der Waals surface area contributed by atoms with Gasteiger partial charge in [-0.3, -0.25) is 0 Å². The Morgan fingerprint density at radius 3 is 2.80 bits per heavy atom. The van der Waals surface area contributed by atoms with Crippen molar-refractivity contribution in [2.45, 2.75) is 32.1 Å². The van der Waals surface area contributed by atoms with Crippen LogP contribution in [0.5, 0.6) is 5.75 Å². The van der Waals surface area contributed by atoms with Crippen LogP contribution in [0.15, 0.2) is 24.3 Å². The van der Waals surface area contributed by atoms with Crippen LogP contribution in [0, 0.1) is 5.92 Å². The Morgan fingerprint density at radius 1 is 1.05 bits per heavy atom. The molecule has 1 N–H and O–H groups in total. The quantitative estimate of drug-likeness (QED) is 0.913. The molecule has 3 heteroatoms. The Morgan fingerprint density at radius 2 is 1.90 bits per heavy atom. The predicted molar refractivity (Wildman–Crippen MR) is 83.6 cm³/mol. The Bertz CT molecular complexity index is 407. The second-order valence-electron chi connectivity index (χ2n) is 6.02. The van der Waals surface area contributed by atoms with Gasteiger partial charge in [-0.1, -0.05) is 25.0 Å². The third-order valence-electron chi connectivity index (χ3n) is 4.50. The molecule has 1 saturated carbocycles. The average molecular weight is 274 g/mol. The van der Waals surface area contributed by atoms with E-state index in [-0.39, 0.29) is 0 Å². The van der Waals surface area contributed by atoms with Crippen LogP contribution >= 0.6 is 0 Å². The molecule has 1 aliphatic heterocycles. The molecule has 0 radical (unpaired) electrons. The van der Waals surface area contributed by atoms with E-state index in [9.17, 15) is 0 Å². The minimum absolute atomic E-state index is 0.772. The van der Waals surface area contributed by atoms with E-state index < -0.39 is 0 Å². The number of rotatable bonds is 4. The molecule has 1 saturated heterocycles. The van der Waals surface area contributed by atoms with Gasteiger partial charge in [0.15, 0.2) is 0 Å². The van der Waals surface area contributed by atoms with E-state index >= 15 is 0 Å². The number of hydrogen-bond acceptors (Lipinski definition) is 3. The van der Waals surface area contributed by atoms with Gasteiger partial charge in [0.1, 0.15) is 5.75 Å². The standard InChI is InChI=1S/C17H26N2O/c1-2-7-15(6-1)14-20-17-9-4-3-8-16(17)19-12-5-10-18-11-13-19/h3-4,8-9,15,18H,1-2,5-7,10-14H2. The monoisotopic (exact) mass is 274 g/mol. The number of ether oxygens (including phenoxy) is 1. The van der Waals surface area contributed by atoms with Crippen LogP contribution in [0.3, 0.4) is 0 Å². The first-order valence-electron chi connectivity index (χ1n) is 8.11. The summed E-state index contributed by atoms with van der Waals surface area (Å²) in [5, 5.41) is 3.46. The summed E-state index contributed by atoms with van der Waals surface area (Å²) >= 11 is 0. The van der Waals surface area contributed by atoms with Gasteiger partial charge in [0.2, 0.25) is 0 Å². The van der Waals surface area contributed by atoms with Crippen molar-refractivity contribution >= 4 is 5.69 Å². The zero-order chi connectivity index (χ0) is 13.6. The Balaban J connectivity index is 1.66. The third-order valence-corrected chi connectivity index (χ3v) is 4.50. The highest BCUT2D eigenvalue weighted by Gasteiger charge is 2.18. The maximum absolute atomic E-state index is 6.15. The molecule has 20 heavy (non-hydrogen) atoms. The SMILES string of the molecule is c1ccc(N2CCCNCC2)c(OCC2CCCC2)c1. The minimum Gasteiger partial charge on any atom is -0.491 e. The molecule has 2 fully saturated rings. The highest BCUT2D eigenvalue weighted by Crippen LogP contribution is 2.31. The van der Waals surface area contributed by atoms with Crippen LogP contribution < -0.4 is 15.0 Å². The Labute approximate surface area is 122 Å². The summed E-state index contributed by atoms with van der Waals surface area (Å²) in [6, 6.07) is 8.54. The molecule has 1 heterocycles. The number of hydrogen-bond donors (Lipinski definition) is 1. The van der Waals surface area contributed by atoms with E-state index in [0.29, 0.717) is 0 Å². The number of anilines is 1. The summed E-state index contributed by atoms with van der Waals surface area (Å²) in [4.78, 5) is 2.46. The van der Waals surface area contributed by atoms with Crippen molar-refractivity contribution in [3.63, 3.8) is 0 Å². The fourth-order valence-electron chi connectivity index (χ4n) is 3.31. The van der Waals surface area contributed by atoms with Crippen molar-refractivity contribution < 1.29 is 4.74 Å². The van der Waals surface area contributed by atoms with E-state index in [1.807, 2.05) is 0 Å². The molecular weight excluding hydrogens is 248 g/mol. The molecule has 0 unspecified atom stereocenters. The van der Waals surface area contributed by atoms with Gasteiger partial charge in [0.05, 0.1) is 12.3 Å². The zero-order valence-electron chi connectivity index (χ0n) is 12.3. The largest absolute Gasteiger partial charge is 0.491 e. The van der Waals surface area contributed by atoms with Gasteiger partial charge in [0.25, 0.3) is 0 Å². The summed E-state index contributed by atoms with van der Waals surface area (Å²) in [6.45, 7) is 5.28. The Hall–Kier alpha value is -1.22. The summed E-state index contributed by atoms with van der Waals surface area (Å²) in [7, 11) is 0. The van der Waals surface area contributed by atoms with E-state index in [2.05, 4.69) is 34.5 Å². The molecule has 1 aromatic carbocycles. The lowest BCUT2D eigenvalue weighted by atomic mass is 10.1. The number of nitrogens with one attached hydrogen (secondary N) is 1. The molecule has 3 rings (SSSR count). The van der Waals surface area contributed by atoms with Crippen LogP contribution in [0.4, 0.5) is 5.69 Å². The molecule has 0 aromatic heterocycles. The number of para-hydroxylation sites is 2. The van der Waals surface area contributed by atoms with Gasteiger partial charge in [-0.2, -0.15) is 0 Å². The lowest BCUT2D eigenvalue weighted by Gasteiger charge is -2.25. The van der Waals surface area contributed by atoms with Gasteiger partial charge >= 0.3 is 0 Å². The summed E-state index contributed by atoms with van der Waals surface area (Å²) in [6.07, 6.45) is 6.66. The van der Waals surface area contributed by atoms with Crippen LogP contribution in [0.2, 0.25) is 0 Å². The summed E-state index contributed by atoms with van der Waals surface area (Å²) < 4.78 is 6.15. The molecule has 3 nitrogen and oxygen atoms in total. The van der Waals surface area contributed by atoms with Crippen molar-refractivity contribution in [3.05, 3.63) is 24.3 Å². The topological polar surface area (TPSA) is 24.5 Å². The van der Waals surface area contributed by atoms with Crippen molar-refractivity contribution in [2.75, 3.05) is 37.7 Å². The van der Waals surface area contributed by atoms with Crippen LogP contribution in [0.25, 0.3) is 0 Å². The van der Waals surface area contributed by atoms with Gasteiger partial charge in [0, 0.05) is 19.6 Å². The van der Waals surface area contributed by atoms with Gasteiger partial charge < -0.3 is 15.0 Å². The van der Waals surface area contributed by atoms with E-state index in [0.717, 1.165) is 44.5 Å². The summed E-state index contributed by atoms with van der Waals surface area (Å²) in [5.74, 6) is 1.84. The lowest BCUT2D eigenvalue weighted by Crippen LogP contribution is -2.28. The van der Waals surface area contributed by atoms with Crippen molar-refractivity contribution in [3.8, 4) is 5.75 Å². The van der Waals surface area contributed by atoms with Gasteiger partial charge in [-0.05, 0) is 43.9 Å². The minimum atomic E-state index is 0.772. The molecule has 0 amide bonds. The highest BCUT2D eigenvalue weighted by atomic mass is 16.5. The second-order valence-corrected chi connectivity index (χ2v) is 6.02. The highest BCUT2D eigenvalue weighted by molar-refractivity contribution is 5.58. The Kier molecular flexibility index (Phi) is 4.80. The van der Waals surface area contributed by atoms with Crippen LogP contribution in [-0.2, 0) is 0 Å². The van der Waals surface area contributed by atoms with Gasteiger partial charge in [-0.25, -0.2) is 0 Å². The molecule has 2 aliphatic rings. The summed E-state index contributed by atoms with van der Waals surface area (Å²) in [5.41, 5.74) is 1.27. The lowest BCUT2D eigenvalue weighted by molar-refractivity contribution is 0.252. The van der Waals surface area contributed by atoms with Crippen LogP contribution in [0.1, 0.15) is 32.1 Å². The number of benzene rings is 1. The molecule has 110 valence electrons. The predicted octanol–water partition coefficient (Wildman–Crippen LogP) is 3.06. The van der Waals surface area contributed by atoms with Crippen LogP contribution in [-0.4, -0.2) is 32.8 Å². The molecule has 0 atom stereocenters. The molecule has 1 aromatic rings. The fourth-order valence-corrected chi connectivity index (χ4v) is 3.31. The van der Waals surface area contributed by atoms with Crippen molar-refractivity contribution in [2.24, 2.45) is 5.92 Å². The number of nitrogens with zero attached hydrogens (tertiary/aromatic N) is 1. The first-order valence-corrected chi connectivity index (χ1v) is 8.11. The first kappa shape index (κ1) is 13.7. The van der Waals surface area contributed by atoms with E-state index in [4.69, 9.17) is 4.74 Å². The maximum Gasteiger partial charge on any atom is 0.142 e. The smallest absolute Gasteiger partial charge is 0.142 e. The fraction of sp³-hybridized carbons (Fsp3) is 0.647. The third kappa shape index (κ3) is 3.45. The normalized spacial score (nSPS) is 20.9. The molecule has 1 aliphatic carbocycles. The van der Waals surface area contributed by atoms with E-state index in [1.165, 1.54) is 37.8 Å². The molecular formula is C17H26N2O. The first-order chi connectivity index (χ1) is 9.93. The maximum atomic E-state index is 6.15. The molecule has 0 spiro atoms. The van der Waals surface area contributed by atoms with Gasteiger partial charge in [-0.15, -0.1) is 0 Å². The van der Waals surface area contributed by atoms with Crippen molar-refractivity contribution in [1.82, 2.24) is 5.32 Å². The zero-order valence-corrected chi connectivity index (χ0v) is 12.3. The average Bonchev–Trinajstić information content (AvgIpc) is 2.86. The van der Waals surface area contributed by atoms with E-state index in [1.54, 1.807) is 0 Å².